The van der Waals surface area contributed by atoms with E-state index in [4.69, 9.17) is 33.7 Å². The van der Waals surface area contributed by atoms with Crippen LogP contribution in [0.1, 0.15) is 69.9 Å². The van der Waals surface area contributed by atoms with Crippen LogP contribution >= 0.6 is 8.53 Å². The highest BCUT2D eigenvalue weighted by molar-refractivity contribution is 7.44. The van der Waals surface area contributed by atoms with Crippen molar-refractivity contribution in [2.75, 3.05) is 26.6 Å². The molecule has 2 saturated carbocycles. The van der Waals surface area contributed by atoms with E-state index in [1.165, 1.54) is 10.9 Å². The fraction of sp³-hybridized carbons (Fsp3) is 0.442. The van der Waals surface area contributed by atoms with Crippen LogP contribution in [0.3, 0.4) is 0 Å². The second-order valence-corrected chi connectivity index (χ2v) is 17.4. The number of alkyl halides is 2. The molecule has 1 saturated heterocycles. The summed E-state index contributed by atoms with van der Waals surface area (Å²) >= 11 is 0. The van der Waals surface area contributed by atoms with Crippen LogP contribution in [0.4, 0.5) is 14.7 Å². The number of anilines is 1. The summed E-state index contributed by atoms with van der Waals surface area (Å²) < 4.78 is 78.4. The molecule has 1 unspecified atom stereocenters. The number of fused-ring (bicyclic) bond motifs is 4. The minimum absolute atomic E-state index is 0.00721. The van der Waals surface area contributed by atoms with E-state index in [1.54, 1.807) is 38.5 Å². The summed E-state index contributed by atoms with van der Waals surface area (Å²) in [5.74, 6) is 0.991. The molecule has 2 aliphatic carbocycles. The normalized spacial score (nSPS) is 26.3. The molecule has 0 amide bonds. The van der Waals surface area contributed by atoms with Gasteiger partial charge in [0, 0.05) is 24.9 Å². The summed E-state index contributed by atoms with van der Waals surface area (Å²) in [5.41, 5.74) is -0.338. The van der Waals surface area contributed by atoms with Crippen molar-refractivity contribution in [2.45, 2.75) is 100 Å². The maximum atomic E-state index is 18.2. The molecule has 5 aromatic rings. The van der Waals surface area contributed by atoms with E-state index in [0.717, 1.165) is 0 Å². The molecular formula is C43H48F2N7O7P. The number of methoxy groups -OCH3 is 2. The second-order valence-electron chi connectivity index (χ2n) is 16.0. The van der Waals surface area contributed by atoms with Crippen LogP contribution in [-0.4, -0.2) is 86.2 Å². The Kier molecular flexibility index (Phi) is 11.0. The van der Waals surface area contributed by atoms with E-state index in [9.17, 15) is 10.1 Å². The Labute approximate surface area is 347 Å². The molecule has 0 radical (unpaired) electrons. The van der Waals surface area contributed by atoms with Crippen molar-refractivity contribution in [1.29, 1.82) is 5.26 Å². The third-order valence-electron chi connectivity index (χ3n) is 11.7. The van der Waals surface area contributed by atoms with Gasteiger partial charge in [0.15, 0.2) is 23.6 Å². The van der Waals surface area contributed by atoms with Crippen molar-refractivity contribution >= 4 is 25.6 Å². The number of hydrogen-bond donors (Lipinski definition) is 2. The van der Waals surface area contributed by atoms with Crippen LogP contribution in [0, 0.1) is 11.3 Å². The van der Waals surface area contributed by atoms with Crippen LogP contribution < -0.4 is 20.8 Å². The molecule has 0 spiro atoms. The molecule has 60 heavy (non-hydrogen) atoms. The lowest BCUT2D eigenvalue weighted by Gasteiger charge is -2.43. The Hall–Kier alpha value is -5.01. The van der Waals surface area contributed by atoms with Gasteiger partial charge in [-0.05, 0) is 68.7 Å². The number of benzene rings is 3. The largest absolute Gasteiger partial charge is 0.497 e. The van der Waals surface area contributed by atoms with Gasteiger partial charge in [-0.15, -0.1) is 0 Å². The maximum absolute atomic E-state index is 18.2. The van der Waals surface area contributed by atoms with E-state index in [2.05, 4.69) is 21.0 Å². The van der Waals surface area contributed by atoms with Crippen LogP contribution in [0.15, 0.2) is 90.0 Å². The summed E-state index contributed by atoms with van der Waals surface area (Å²) in [5, 5.41) is 9.45. The molecular weight excluding hydrogens is 795 g/mol. The zero-order valence-electron chi connectivity index (χ0n) is 34.2. The van der Waals surface area contributed by atoms with Crippen LogP contribution in [0.5, 0.6) is 11.5 Å². The number of nitrogens with two attached hydrogens (primary N) is 1. The molecule has 3 aromatic carbocycles. The predicted molar refractivity (Wildman–Crippen MR) is 220 cm³/mol. The molecule has 3 aliphatic rings. The quantitative estimate of drug-likeness (QED) is 0.0580. The van der Waals surface area contributed by atoms with Gasteiger partial charge in [-0.25, -0.2) is 18.4 Å². The standard InChI is InChI=1S/C43H48F2N7O7P/c1-26(2)52(27(3)4)60(56-22-10-21-46)59-41-23-40(45)24-42(40,38(41)57-37(34(41)44)51-25-48-33-35(51)49-39(47)50-36(33)53)58-43(28-11-8-7-9-12-28,29-13-17-31(54-5)18-14-29)30-15-19-32(55-6)20-16-30/h7-9,11-20,25-27,34,37-38H,10,22-24H2,1-6H3,(H3,47,49,50,53)/t34-,37+,38-,40-,41-,42-,60?/m0/s1. The Morgan fingerprint density at radius 3 is 2.17 bits per heavy atom. The van der Waals surface area contributed by atoms with Crippen molar-refractivity contribution < 1.29 is 36.8 Å². The Bertz CT molecular complexity index is 2380. The van der Waals surface area contributed by atoms with E-state index >= 15 is 8.78 Å². The van der Waals surface area contributed by atoms with Crippen molar-refractivity contribution in [3.05, 3.63) is 112 Å². The van der Waals surface area contributed by atoms with Crippen LogP contribution in [0.25, 0.3) is 11.2 Å². The highest BCUT2D eigenvalue weighted by atomic mass is 31.2. The van der Waals surface area contributed by atoms with E-state index in [0.29, 0.717) is 28.2 Å². The molecule has 3 fully saturated rings. The number of halogens is 2. The first-order valence-corrected chi connectivity index (χ1v) is 20.9. The molecule has 17 heteroatoms. The van der Waals surface area contributed by atoms with Crippen molar-refractivity contribution in [1.82, 2.24) is 24.2 Å². The minimum atomic E-state index is -2.16. The third-order valence-corrected chi connectivity index (χ3v) is 13.9. The number of nitrogens with zero attached hydrogens (tertiary/aromatic N) is 5. The number of H-pyrrole nitrogens is 1. The second kappa shape index (κ2) is 15.8. The smallest absolute Gasteiger partial charge is 0.280 e. The van der Waals surface area contributed by atoms with E-state index < -0.39 is 61.5 Å². The van der Waals surface area contributed by atoms with Gasteiger partial charge in [-0.2, -0.15) is 10.2 Å². The summed E-state index contributed by atoms with van der Waals surface area (Å²) in [6.07, 6.45) is -4.32. The molecule has 316 valence electrons. The van der Waals surface area contributed by atoms with E-state index in [1.807, 2.05) is 87.0 Å². The van der Waals surface area contributed by atoms with Gasteiger partial charge in [-0.1, -0.05) is 54.6 Å². The summed E-state index contributed by atoms with van der Waals surface area (Å²) in [4.78, 5) is 23.8. The zero-order valence-corrected chi connectivity index (χ0v) is 35.1. The molecule has 3 heterocycles. The Morgan fingerprint density at radius 1 is 1.00 bits per heavy atom. The number of nitriles is 1. The third kappa shape index (κ3) is 6.63. The minimum Gasteiger partial charge on any atom is -0.497 e. The van der Waals surface area contributed by atoms with Gasteiger partial charge in [0.05, 0.1) is 39.6 Å². The van der Waals surface area contributed by atoms with Crippen molar-refractivity contribution in [3.63, 3.8) is 0 Å². The number of aromatic amines is 1. The first-order valence-electron chi connectivity index (χ1n) is 19.8. The van der Waals surface area contributed by atoms with Crippen molar-refractivity contribution in [2.24, 2.45) is 0 Å². The van der Waals surface area contributed by atoms with Crippen molar-refractivity contribution in [3.8, 4) is 17.6 Å². The average molecular weight is 844 g/mol. The van der Waals surface area contributed by atoms with Gasteiger partial charge in [0.1, 0.15) is 40.1 Å². The Morgan fingerprint density at radius 2 is 1.60 bits per heavy atom. The number of hydrogen-bond acceptors (Lipinski definition) is 12. The Balaban J connectivity index is 1.34. The van der Waals surface area contributed by atoms with Crippen LogP contribution in [-0.2, 0) is 24.1 Å². The number of aromatic nitrogens is 4. The first-order chi connectivity index (χ1) is 28.8. The van der Waals surface area contributed by atoms with Crippen LogP contribution in [0.2, 0.25) is 0 Å². The van der Waals surface area contributed by atoms with Gasteiger partial charge < -0.3 is 33.7 Å². The lowest BCUT2D eigenvalue weighted by Crippen LogP contribution is -2.52. The zero-order chi connectivity index (χ0) is 42.6. The highest BCUT2D eigenvalue weighted by Gasteiger charge is 2.91. The SMILES string of the molecule is COc1ccc(C(O[C@]23C[C@@]2(F)C[C@]2(OP(OCCC#N)N(C(C)C)C(C)C)[C@@H](F)[C@H](n4cnc5c(=O)[nH]c(N)nc54)O[C@@H]23)(c2ccccc2)c2ccc(OC)cc2)cc1. The van der Waals surface area contributed by atoms with Gasteiger partial charge in [-0.3, -0.25) is 14.3 Å². The number of rotatable bonds is 16. The first kappa shape index (κ1) is 41.7. The molecule has 1 aliphatic heterocycles. The summed E-state index contributed by atoms with van der Waals surface area (Å²) in [6, 6.07) is 25.9. The topological polar surface area (TPSA) is 172 Å². The molecule has 3 N–H and O–H groups in total. The number of ether oxygens (including phenoxy) is 4. The molecule has 8 rings (SSSR count). The molecule has 0 bridgehead atoms. The molecule has 2 aromatic heterocycles. The van der Waals surface area contributed by atoms with Gasteiger partial charge in [0.2, 0.25) is 5.95 Å². The fourth-order valence-electron chi connectivity index (χ4n) is 9.10. The monoisotopic (exact) mass is 843 g/mol. The highest BCUT2D eigenvalue weighted by Crippen LogP contribution is 2.76. The number of nitrogens with one attached hydrogen (secondary N) is 1. The number of nitrogen functional groups attached to an aromatic ring is 1. The number of imidazole rings is 1. The lowest BCUT2D eigenvalue weighted by molar-refractivity contribution is -0.166. The van der Waals surface area contributed by atoms with Gasteiger partial charge in [0.25, 0.3) is 14.1 Å². The fourth-order valence-corrected chi connectivity index (χ4v) is 10.9. The summed E-state index contributed by atoms with van der Waals surface area (Å²) in [6.45, 7) is 7.82. The molecule has 14 nitrogen and oxygen atoms in total. The summed E-state index contributed by atoms with van der Waals surface area (Å²) in [7, 11) is 1.00. The predicted octanol–water partition coefficient (Wildman–Crippen LogP) is 7.25. The van der Waals surface area contributed by atoms with E-state index in [-0.39, 0.29) is 48.6 Å². The lowest BCUT2D eigenvalue weighted by atomic mass is 9.79. The average Bonchev–Trinajstić information content (AvgIpc) is 3.44. The maximum Gasteiger partial charge on any atom is 0.280 e. The van der Waals surface area contributed by atoms with Gasteiger partial charge >= 0.3 is 0 Å². The molecule has 7 atom stereocenters.